The summed E-state index contributed by atoms with van der Waals surface area (Å²) in [5, 5.41) is 7.60. The highest BCUT2D eigenvalue weighted by Gasteiger charge is 2.17. The maximum Gasteiger partial charge on any atom is 0.325 e. The molecule has 1 aromatic rings. The predicted molar refractivity (Wildman–Crippen MR) is 100.0 cm³/mol. The number of nitrogens with zero attached hydrogens (tertiary/aromatic N) is 1. The first-order valence-corrected chi connectivity index (χ1v) is 8.89. The second kappa shape index (κ2) is 9.77. The highest BCUT2D eigenvalue weighted by atomic mass is 16.6. The molecule has 1 aliphatic rings. The van der Waals surface area contributed by atoms with Crippen molar-refractivity contribution in [2.75, 3.05) is 38.2 Å². The Bertz CT molecular complexity index is 692. The number of urea groups is 1. The number of fused-ring (bicyclic) bond motifs is 1. The summed E-state index contributed by atoms with van der Waals surface area (Å²) >= 11 is 0. The van der Waals surface area contributed by atoms with Crippen LogP contribution in [0.25, 0.3) is 0 Å². The van der Waals surface area contributed by atoms with Gasteiger partial charge in [-0.2, -0.15) is 0 Å². The number of nitrogens with one attached hydrogen (secondary N) is 3. The lowest BCUT2D eigenvalue weighted by Gasteiger charge is -2.20. The molecule has 0 aromatic heterocycles. The number of carbonyl (C=O) groups is 3. The van der Waals surface area contributed by atoms with Crippen LogP contribution in [0.5, 0.6) is 11.5 Å². The molecular formula is C18H26N4O5. The van der Waals surface area contributed by atoms with Crippen LogP contribution in [0.4, 0.5) is 10.5 Å². The zero-order chi connectivity index (χ0) is 19.8. The summed E-state index contributed by atoms with van der Waals surface area (Å²) < 4.78 is 10.9. The van der Waals surface area contributed by atoms with Crippen molar-refractivity contribution >= 4 is 23.5 Å². The van der Waals surface area contributed by atoms with E-state index in [0.717, 1.165) is 0 Å². The third-order valence-corrected chi connectivity index (χ3v) is 3.68. The molecule has 0 unspecified atom stereocenters. The third-order valence-electron chi connectivity index (χ3n) is 3.68. The molecule has 0 bridgehead atoms. The predicted octanol–water partition coefficient (Wildman–Crippen LogP) is 0.952. The molecule has 0 spiro atoms. The molecule has 0 saturated heterocycles. The van der Waals surface area contributed by atoms with E-state index in [2.05, 4.69) is 16.0 Å². The maximum absolute atomic E-state index is 12.1. The summed E-state index contributed by atoms with van der Waals surface area (Å²) in [7, 11) is 0. The number of carbonyl (C=O) groups excluding carboxylic acids is 3. The van der Waals surface area contributed by atoms with Gasteiger partial charge in [0, 0.05) is 17.8 Å². The lowest BCUT2D eigenvalue weighted by molar-refractivity contribution is -0.124. The molecule has 0 aliphatic carbocycles. The molecule has 1 aromatic carbocycles. The molecule has 0 radical (unpaired) electrons. The summed E-state index contributed by atoms with van der Waals surface area (Å²) in [5.41, 5.74) is 0.480. The Morgan fingerprint density at radius 1 is 1.07 bits per heavy atom. The van der Waals surface area contributed by atoms with Crippen LogP contribution in [-0.4, -0.2) is 61.6 Å². The van der Waals surface area contributed by atoms with Gasteiger partial charge >= 0.3 is 6.03 Å². The topological polar surface area (TPSA) is 109 Å². The summed E-state index contributed by atoms with van der Waals surface area (Å²) in [6.07, 6.45) is 0. The second-order valence-electron chi connectivity index (χ2n) is 6.39. The zero-order valence-electron chi connectivity index (χ0n) is 15.8. The Balaban J connectivity index is 1.82. The van der Waals surface area contributed by atoms with Crippen LogP contribution >= 0.6 is 0 Å². The highest BCUT2D eigenvalue weighted by Crippen LogP contribution is 2.32. The summed E-state index contributed by atoms with van der Waals surface area (Å²) in [6.45, 7) is 7.03. The Labute approximate surface area is 158 Å². The number of rotatable bonds is 7. The van der Waals surface area contributed by atoms with E-state index < -0.39 is 11.9 Å². The monoisotopic (exact) mass is 378 g/mol. The molecule has 4 amide bonds. The van der Waals surface area contributed by atoms with E-state index in [1.807, 2.05) is 20.8 Å². The van der Waals surface area contributed by atoms with Crippen LogP contribution in [0, 0.1) is 0 Å². The van der Waals surface area contributed by atoms with Crippen LogP contribution in [0.2, 0.25) is 0 Å². The number of imide groups is 1. The lowest BCUT2D eigenvalue weighted by Crippen LogP contribution is -2.46. The number of hydrogen-bond acceptors (Lipinski definition) is 6. The number of likely N-dealkylation sites (N-methyl/N-ethyl adjacent to an activating group) is 1. The average Bonchev–Trinajstić information content (AvgIpc) is 2.60. The van der Waals surface area contributed by atoms with Crippen molar-refractivity contribution in [3.8, 4) is 11.5 Å². The average molecular weight is 378 g/mol. The van der Waals surface area contributed by atoms with Crippen molar-refractivity contribution in [3.05, 3.63) is 18.2 Å². The molecule has 148 valence electrons. The van der Waals surface area contributed by atoms with Gasteiger partial charge in [0.25, 0.3) is 0 Å². The second-order valence-corrected chi connectivity index (χ2v) is 6.39. The molecule has 9 heteroatoms. The van der Waals surface area contributed by atoms with Crippen molar-refractivity contribution in [1.82, 2.24) is 15.5 Å². The van der Waals surface area contributed by atoms with Crippen LogP contribution in [0.3, 0.4) is 0 Å². The molecule has 9 nitrogen and oxygen atoms in total. The van der Waals surface area contributed by atoms with Crippen molar-refractivity contribution in [1.29, 1.82) is 0 Å². The van der Waals surface area contributed by atoms with Gasteiger partial charge in [-0.1, -0.05) is 6.92 Å². The minimum absolute atomic E-state index is 0.0295. The van der Waals surface area contributed by atoms with Gasteiger partial charge in [-0.05, 0) is 32.5 Å². The molecule has 0 saturated carbocycles. The molecule has 1 heterocycles. The van der Waals surface area contributed by atoms with Crippen LogP contribution in [0.15, 0.2) is 18.2 Å². The van der Waals surface area contributed by atoms with E-state index in [1.54, 1.807) is 23.1 Å². The molecule has 0 atom stereocenters. The Morgan fingerprint density at radius 2 is 1.74 bits per heavy atom. The van der Waals surface area contributed by atoms with Crippen molar-refractivity contribution in [2.24, 2.45) is 0 Å². The SMILES string of the molecule is CCN(CC(=O)NC(=O)Nc1ccc2c(c1)OCCO2)CC(=O)NC(C)C. The van der Waals surface area contributed by atoms with Gasteiger partial charge in [0.1, 0.15) is 13.2 Å². The van der Waals surface area contributed by atoms with Crippen LogP contribution in [-0.2, 0) is 9.59 Å². The van der Waals surface area contributed by atoms with E-state index in [-0.39, 0.29) is 25.0 Å². The van der Waals surface area contributed by atoms with Crippen molar-refractivity contribution in [3.63, 3.8) is 0 Å². The van der Waals surface area contributed by atoms with Gasteiger partial charge in [0.05, 0.1) is 13.1 Å². The minimum Gasteiger partial charge on any atom is -0.486 e. The van der Waals surface area contributed by atoms with E-state index in [4.69, 9.17) is 9.47 Å². The highest BCUT2D eigenvalue weighted by molar-refractivity contribution is 6.02. The molecule has 0 fully saturated rings. The van der Waals surface area contributed by atoms with Gasteiger partial charge in [-0.3, -0.25) is 19.8 Å². The maximum atomic E-state index is 12.1. The Morgan fingerprint density at radius 3 is 2.41 bits per heavy atom. The molecule has 27 heavy (non-hydrogen) atoms. The van der Waals surface area contributed by atoms with E-state index in [1.165, 1.54) is 0 Å². The lowest BCUT2D eigenvalue weighted by atomic mass is 10.2. The van der Waals surface area contributed by atoms with Crippen LogP contribution < -0.4 is 25.4 Å². The number of hydrogen-bond donors (Lipinski definition) is 3. The fraction of sp³-hybridized carbons (Fsp3) is 0.500. The smallest absolute Gasteiger partial charge is 0.325 e. The number of ether oxygens (including phenoxy) is 2. The fourth-order valence-corrected chi connectivity index (χ4v) is 2.50. The van der Waals surface area contributed by atoms with Gasteiger partial charge < -0.3 is 20.1 Å². The summed E-state index contributed by atoms with van der Waals surface area (Å²) in [6, 6.07) is 4.36. The van der Waals surface area contributed by atoms with Crippen molar-refractivity contribution in [2.45, 2.75) is 26.8 Å². The van der Waals surface area contributed by atoms with Gasteiger partial charge in [-0.25, -0.2) is 4.79 Å². The normalized spacial score (nSPS) is 12.6. The number of benzene rings is 1. The standard InChI is InChI=1S/C18H26N4O5/c1-4-22(10-16(23)19-12(2)3)11-17(24)21-18(25)20-13-5-6-14-15(9-13)27-8-7-26-14/h5-6,9,12H,4,7-8,10-11H2,1-3H3,(H,19,23)(H2,20,21,24,25). The van der Waals surface area contributed by atoms with E-state index >= 15 is 0 Å². The van der Waals surface area contributed by atoms with Gasteiger partial charge in [0.2, 0.25) is 11.8 Å². The largest absolute Gasteiger partial charge is 0.486 e. The molecule has 3 N–H and O–H groups in total. The van der Waals surface area contributed by atoms with E-state index in [0.29, 0.717) is 36.9 Å². The van der Waals surface area contributed by atoms with Crippen molar-refractivity contribution < 1.29 is 23.9 Å². The fourth-order valence-electron chi connectivity index (χ4n) is 2.50. The third kappa shape index (κ3) is 6.78. The Kier molecular flexibility index (Phi) is 7.42. The van der Waals surface area contributed by atoms with Gasteiger partial charge in [0.15, 0.2) is 11.5 Å². The number of anilines is 1. The molecule has 2 rings (SSSR count). The first-order chi connectivity index (χ1) is 12.9. The first kappa shape index (κ1) is 20.5. The number of amides is 4. The summed E-state index contributed by atoms with van der Waals surface area (Å²) in [5.74, 6) is 0.491. The first-order valence-electron chi connectivity index (χ1n) is 8.89. The molecule has 1 aliphatic heterocycles. The van der Waals surface area contributed by atoms with E-state index in [9.17, 15) is 14.4 Å². The van der Waals surface area contributed by atoms with Gasteiger partial charge in [-0.15, -0.1) is 0 Å². The minimum atomic E-state index is -0.653. The van der Waals surface area contributed by atoms with Crippen LogP contribution in [0.1, 0.15) is 20.8 Å². The summed E-state index contributed by atoms with van der Waals surface area (Å²) in [4.78, 5) is 37.5. The quantitative estimate of drug-likeness (QED) is 0.652. The zero-order valence-corrected chi connectivity index (χ0v) is 15.8. The molecular weight excluding hydrogens is 352 g/mol. The Hall–Kier alpha value is -2.81.